The molecule has 102 valence electrons. The summed E-state index contributed by atoms with van der Waals surface area (Å²) in [4.78, 5) is 0. The molecule has 1 atom stereocenters. The van der Waals surface area contributed by atoms with Gasteiger partial charge in [-0.05, 0) is 37.1 Å². The van der Waals surface area contributed by atoms with Gasteiger partial charge in [-0.3, -0.25) is 0 Å². The molecule has 0 aliphatic carbocycles. The van der Waals surface area contributed by atoms with Gasteiger partial charge in [0.15, 0.2) is 0 Å². The molecule has 0 saturated heterocycles. The van der Waals surface area contributed by atoms with Gasteiger partial charge >= 0.3 is 0 Å². The molecule has 1 N–H and O–H groups in total. The summed E-state index contributed by atoms with van der Waals surface area (Å²) in [7, 11) is 0. The maximum absolute atomic E-state index is 4.67. The number of para-hydroxylation sites is 1. The third kappa shape index (κ3) is 3.04. The molecule has 1 aromatic carbocycles. The number of nitrogens with one attached hydrogen (secondary N) is 1. The van der Waals surface area contributed by atoms with Crippen LogP contribution in [0.5, 0.6) is 0 Å². The fraction of sp³-hybridized carbons (Fsp3) is 0.438. The highest BCUT2D eigenvalue weighted by Crippen LogP contribution is 2.22. The molecule has 1 heterocycles. The lowest BCUT2D eigenvalue weighted by Gasteiger charge is -2.17. The maximum atomic E-state index is 4.67. The second kappa shape index (κ2) is 6.02. The summed E-state index contributed by atoms with van der Waals surface area (Å²) in [6, 6.07) is 10.9. The van der Waals surface area contributed by atoms with Crippen molar-refractivity contribution in [1.29, 1.82) is 0 Å². The maximum Gasteiger partial charge on any atom is 0.0693 e. The summed E-state index contributed by atoms with van der Waals surface area (Å²) in [6.07, 6.45) is 2.05. The highest BCUT2D eigenvalue weighted by molar-refractivity contribution is 5.42. The van der Waals surface area contributed by atoms with Gasteiger partial charge in [0, 0.05) is 12.2 Å². The van der Waals surface area contributed by atoms with Gasteiger partial charge in [0.05, 0.1) is 11.4 Å². The minimum Gasteiger partial charge on any atom is -0.310 e. The predicted octanol–water partition coefficient (Wildman–Crippen LogP) is 3.67. The Kier molecular flexibility index (Phi) is 4.38. The topological polar surface area (TPSA) is 29.9 Å². The van der Waals surface area contributed by atoms with Gasteiger partial charge in [-0.1, -0.05) is 39.0 Å². The molecule has 0 aliphatic rings. The molecular formula is C16H23N3. The van der Waals surface area contributed by atoms with Crippen molar-refractivity contribution in [1.82, 2.24) is 15.1 Å². The van der Waals surface area contributed by atoms with Crippen LogP contribution in [0.25, 0.3) is 5.69 Å². The molecular weight excluding hydrogens is 234 g/mol. The zero-order valence-electron chi connectivity index (χ0n) is 12.2. The summed E-state index contributed by atoms with van der Waals surface area (Å²) in [5.74, 6) is 0.458. The molecule has 1 aromatic heterocycles. The lowest BCUT2D eigenvalue weighted by Crippen LogP contribution is -2.19. The molecule has 3 heteroatoms. The normalized spacial score (nSPS) is 12.9. The Morgan fingerprint density at radius 2 is 1.89 bits per heavy atom. The Balaban J connectivity index is 2.38. The van der Waals surface area contributed by atoms with E-state index in [-0.39, 0.29) is 0 Å². The monoisotopic (exact) mass is 257 g/mol. The van der Waals surface area contributed by atoms with Crippen LogP contribution in [0.1, 0.15) is 50.9 Å². The Hall–Kier alpha value is -1.61. The largest absolute Gasteiger partial charge is 0.310 e. The highest BCUT2D eigenvalue weighted by atomic mass is 15.3. The molecule has 2 aromatic rings. The Morgan fingerprint density at radius 1 is 1.16 bits per heavy atom. The smallest absolute Gasteiger partial charge is 0.0693 e. The van der Waals surface area contributed by atoms with E-state index in [1.54, 1.807) is 0 Å². The van der Waals surface area contributed by atoms with Crippen molar-refractivity contribution >= 4 is 0 Å². The summed E-state index contributed by atoms with van der Waals surface area (Å²) in [6.45, 7) is 9.62. The number of rotatable bonds is 5. The predicted molar refractivity (Wildman–Crippen MR) is 79.7 cm³/mol. The van der Waals surface area contributed by atoms with Crippen LogP contribution >= 0.6 is 0 Å². The average molecular weight is 257 g/mol. The van der Waals surface area contributed by atoms with Crippen molar-refractivity contribution in [2.45, 2.75) is 39.7 Å². The third-order valence-corrected chi connectivity index (χ3v) is 3.36. The van der Waals surface area contributed by atoms with Gasteiger partial charge in [-0.25, -0.2) is 4.68 Å². The van der Waals surface area contributed by atoms with Crippen LogP contribution in [0.15, 0.2) is 36.5 Å². The van der Waals surface area contributed by atoms with Gasteiger partial charge in [0.25, 0.3) is 0 Å². The highest BCUT2D eigenvalue weighted by Gasteiger charge is 2.12. The van der Waals surface area contributed by atoms with Crippen molar-refractivity contribution < 1.29 is 0 Å². The van der Waals surface area contributed by atoms with E-state index < -0.39 is 0 Å². The van der Waals surface area contributed by atoms with Gasteiger partial charge in [0.1, 0.15) is 0 Å². The zero-order chi connectivity index (χ0) is 13.8. The van der Waals surface area contributed by atoms with Crippen LogP contribution in [0.2, 0.25) is 0 Å². The van der Waals surface area contributed by atoms with Crippen LogP contribution < -0.4 is 5.32 Å². The van der Waals surface area contributed by atoms with Gasteiger partial charge < -0.3 is 5.32 Å². The molecule has 2 rings (SSSR count). The van der Waals surface area contributed by atoms with Crippen LogP contribution in [0.4, 0.5) is 0 Å². The summed E-state index contributed by atoms with van der Waals surface area (Å²) >= 11 is 0. The van der Waals surface area contributed by atoms with E-state index in [9.17, 15) is 0 Å². The van der Waals surface area contributed by atoms with E-state index in [0.29, 0.717) is 12.0 Å². The standard InChI is InChI=1S/C16H23N3/c1-5-17-13(4)14-8-6-7-9-16(14)19-11-10-15(18-19)12(2)3/h6-13,17H,5H2,1-4H3. The van der Waals surface area contributed by atoms with Crippen LogP contribution in [0.3, 0.4) is 0 Å². The van der Waals surface area contributed by atoms with E-state index in [1.165, 1.54) is 5.56 Å². The van der Waals surface area contributed by atoms with Crippen molar-refractivity contribution in [3.63, 3.8) is 0 Å². The molecule has 19 heavy (non-hydrogen) atoms. The van der Waals surface area contributed by atoms with Crippen LogP contribution in [-0.4, -0.2) is 16.3 Å². The summed E-state index contributed by atoms with van der Waals surface area (Å²) in [5, 5.41) is 8.13. The first kappa shape index (κ1) is 13.8. The number of benzene rings is 1. The van der Waals surface area contributed by atoms with Crippen molar-refractivity contribution in [3.8, 4) is 5.69 Å². The number of hydrogen-bond donors (Lipinski definition) is 1. The Labute approximate surface area is 115 Å². The minimum absolute atomic E-state index is 0.327. The second-order valence-corrected chi connectivity index (χ2v) is 5.18. The van der Waals surface area contributed by atoms with E-state index >= 15 is 0 Å². The van der Waals surface area contributed by atoms with Gasteiger partial charge in [0.2, 0.25) is 0 Å². The van der Waals surface area contributed by atoms with Gasteiger partial charge in [-0.2, -0.15) is 5.10 Å². The first-order valence-electron chi connectivity index (χ1n) is 7.01. The first-order valence-corrected chi connectivity index (χ1v) is 7.01. The Morgan fingerprint density at radius 3 is 2.53 bits per heavy atom. The van der Waals surface area contributed by atoms with E-state index in [0.717, 1.165) is 17.9 Å². The van der Waals surface area contributed by atoms with Crippen molar-refractivity contribution in [2.75, 3.05) is 6.54 Å². The Bertz CT molecular complexity index is 528. The molecule has 1 unspecified atom stereocenters. The summed E-state index contributed by atoms with van der Waals surface area (Å²) < 4.78 is 1.98. The van der Waals surface area contributed by atoms with Crippen molar-refractivity contribution in [3.05, 3.63) is 47.8 Å². The van der Waals surface area contributed by atoms with Gasteiger partial charge in [-0.15, -0.1) is 0 Å². The molecule has 0 fully saturated rings. The summed E-state index contributed by atoms with van der Waals surface area (Å²) in [5.41, 5.74) is 3.57. The SMILES string of the molecule is CCNC(C)c1ccccc1-n1ccc(C(C)C)n1. The molecule has 3 nitrogen and oxygen atoms in total. The lowest BCUT2D eigenvalue weighted by molar-refractivity contribution is 0.592. The first-order chi connectivity index (χ1) is 9.13. The number of hydrogen-bond acceptors (Lipinski definition) is 2. The van der Waals surface area contributed by atoms with E-state index in [1.807, 2.05) is 10.9 Å². The number of aromatic nitrogens is 2. The molecule has 0 radical (unpaired) electrons. The lowest BCUT2D eigenvalue weighted by atomic mass is 10.1. The van der Waals surface area contributed by atoms with Crippen LogP contribution in [-0.2, 0) is 0 Å². The second-order valence-electron chi connectivity index (χ2n) is 5.18. The van der Waals surface area contributed by atoms with Crippen molar-refractivity contribution in [2.24, 2.45) is 0 Å². The zero-order valence-corrected chi connectivity index (χ0v) is 12.2. The molecule has 0 amide bonds. The quantitative estimate of drug-likeness (QED) is 0.885. The average Bonchev–Trinajstić information content (AvgIpc) is 2.88. The molecule has 0 aliphatic heterocycles. The fourth-order valence-corrected chi connectivity index (χ4v) is 2.26. The fourth-order valence-electron chi connectivity index (χ4n) is 2.26. The van der Waals surface area contributed by atoms with Crippen LogP contribution in [0, 0.1) is 0 Å². The van der Waals surface area contributed by atoms with E-state index in [4.69, 9.17) is 0 Å². The molecule has 0 saturated carbocycles. The molecule has 0 spiro atoms. The number of nitrogens with zero attached hydrogens (tertiary/aromatic N) is 2. The minimum atomic E-state index is 0.327. The molecule has 0 bridgehead atoms. The third-order valence-electron chi connectivity index (χ3n) is 3.36. The van der Waals surface area contributed by atoms with E-state index in [2.05, 4.69) is 68.4 Å².